The summed E-state index contributed by atoms with van der Waals surface area (Å²) in [6.45, 7) is -4.91. The molecule has 4 aromatic carbocycles. The quantitative estimate of drug-likeness (QED) is 0.00876. The van der Waals surface area contributed by atoms with Crippen LogP contribution in [0, 0.1) is 0 Å². The molecule has 0 radical (unpaired) electrons. The number of aromatic nitrogens is 9. The summed E-state index contributed by atoms with van der Waals surface area (Å²) < 4.78 is 92.1. The third-order valence-corrected chi connectivity index (χ3v) is 12.9. The lowest BCUT2D eigenvalue weighted by molar-refractivity contribution is -0.154. The smallest absolute Gasteiger partial charge is 0.461 e. The zero-order valence-corrected chi connectivity index (χ0v) is 53.5. The van der Waals surface area contributed by atoms with E-state index in [2.05, 4.69) is 85.8 Å². The van der Waals surface area contributed by atoms with Gasteiger partial charge in [0.2, 0.25) is 22.6 Å². The second kappa shape index (κ2) is 43.8. The molecule has 10 rings (SSSR count). The molecule has 0 aliphatic heterocycles. The van der Waals surface area contributed by atoms with E-state index in [1.54, 1.807) is 74.5 Å². The highest BCUT2D eigenvalue weighted by Gasteiger charge is 2.17. The van der Waals surface area contributed by atoms with Crippen LogP contribution in [0.1, 0.15) is 49.4 Å². The first-order chi connectivity index (χ1) is 46.6. The summed E-state index contributed by atoms with van der Waals surface area (Å²) in [6, 6.07) is 47.4. The topological polar surface area (TPSA) is 390 Å². The fourth-order valence-electron chi connectivity index (χ4n) is 6.33. The Bertz CT molecular complexity index is 3970. The summed E-state index contributed by atoms with van der Waals surface area (Å²) in [4.78, 5) is 77.0. The van der Waals surface area contributed by atoms with Gasteiger partial charge in [0.15, 0.2) is 0 Å². The van der Waals surface area contributed by atoms with Crippen molar-refractivity contribution in [3.63, 3.8) is 0 Å². The van der Waals surface area contributed by atoms with E-state index in [1.807, 2.05) is 77.6 Å². The van der Waals surface area contributed by atoms with Gasteiger partial charge in [-0.2, -0.15) is 31.4 Å². The van der Waals surface area contributed by atoms with Crippen molar-refractivity contribution in [3.05, 3.63) is 224 Å². The van der Waals surface area contributed by atoms with Crippen molar-refractivity contribution in [2.75, 3.05) is 13.2 Å². The molecule has 0 saturated heterocycles. The number of nitrogens with zero attached hydrogens (tertiary/aromatic N) is 8. The highest BCUT2D eigenvalue weighted by molar-refractivity contribution is 9.10. The van der Waals surface area contributed by atoms with Gasteiger partial charge in [0.25, 0.3) is 17.4 Å². The van der Waals surface area contributed by atoms with Gasteiger partial charge in [-0.05, 0) is 72.2 Å². The number of carbonyl (C=O) groups excluding carboxylic acids is 5. The Morgan fingerprint density at radius 2 is 1.05 bits per heavy atom. The van der Waals surface area contributed by atoms with Crippen LogP contribution in [-0.2, 0) is 25.7 Å². The minimum absolute atomic E-state index is 0.0372. The molecule has 0 fully saturated rings. The maximum Gasteiger partial charge on any atom is 0.490 e. The Kier molecular flexibility index (Phi) is 35.5. The number of esters is 2. The van der Waals surface area contributed by atoms with Gasteiger partial charge in [0, 0.05) is 80.6 Å². The Morgan fingerprint density at radius 1 is 0.567 bits per heavy atom. The van der Waals surface area contributed by atoms with Gasteiger partial charge in [-0.1, -0.05) is 126 Å². The van der Waals surface area contributed by atoms with E-state index in [1.165, 1.54) is 71.5 Å². The summed E-state index contributed by atoms with van der Waals surface area (Å²) >= 11 is 5.76. The number of pyridine rings is 3. The number of nitrogen functional groups attached to an aromatic ring is 1. The maximum atomic E-state index is 11.9. The monoisotopic (exact) mass is 1450 g/mol. The van der Waals surface area contributed by atoms with Gasteiger partial charge in [0.1, 0.15) is 15.0 Å². The molecule has 0 unspecified atom stereocenters. The van der Waals surface area contributed by atoms with Crippen LogP contribution >= 0.6 is 38.6 Å². The first-order valence-electron chi connectivity index (χ1n) is 27.4. The van der Waals surface area contributed by atoms with Crippen LogP contribution in [0.3, 0.4) is 0 Å². The first kappa shape index (κ1) is 78.5. The van der Waals surface area contributed by atoms with E-state index in [-0.39, 0.29) is 47.8 Å². The Morgan fingerprint density at radius 3 is 1.47 bits per heavy atom. The molecular formula is C60H55BBrF6N13O14S2. The molecule has 0 atom stereocenters. The van der Waals surface area contributed by atoms with E-state index >= 15 is 0 Å². The second-order valence-corrected chi connectivity index (χ2v) is 20.3. The molecule has 508 valence electrons. The lowest BCUT2D eigenvalue weighted by atomic mass is 9.82. The number of rotatable bonds is 16. The van der Waals surface area contributed by atoms with Gasteiger partial charge < -0.3 is 38.8 Å². The van der Waals surface area contributed by atoms with Crippen molar-refractivity contribution >= 4 is 80.8 Å². The summed E-state index contributed by atoms with van der Waals surface area (Å²) in [5.74, 6) is 1.14. The van der Waals surface area contributed by atoms with Crippen LogP contribution < -0.4 is 47.4 Å². The first-order valence-corrected chi connectivity index (χ1v) is 29.8. The lowest BCUT2D eigenvalue weighted by Gasteiger charge is -2.06. The summed E-state index contributed by atoms with van der Waals surface area (Å²) in [5.41, 5.74) is 9.90. The molecule has 27 nitrogen and oxygen atoms in total. The molecule has 0 aliphatic carbocycles. The summed E-state index contributed by atoms with van der Waals surface area (Å²) in [6.07, 6.45) is 3.76. The minimum atomic E-state index is -2.93. The predicted molar refractivity (Wildman–Crippen MR) is 343 cm³/mol. The highest BCUT2D eigenvalue weighted by atomic mass is 79.9. The van der Waals surface area contributed by atoms with Gasteiger partial charge in [-0.3, -0.25) is 35.5 Å². The molecule has 0 saturated carbocycles. The summed E-state index contributed by atoms with van der Waals surface area (Å²) in [5, 5.41) is 50.2. The summed E-state index contributed by atoms with van der Waals surface area (Å²) in [7, 11) is -1.66. The van der Waals surface area contributed by atoms with Crippen LogP contribution in [0.2, 0.25) is 0 Å². The molecule has 3 amide bonds. The van der Waals surface area contributed by atoms with Crippen LogP contribution in [0.15, 0.2) is 198 Å². The molecule has 0 bridgehead atoms. The van der Waals surface area contributed by atoms with Gasteiger partial charge in [-0.25, -0.2) is 35.5 Å². The number of aliphatic hydroxyl groups is 1. The number of ether oxygens (including phenoxy) is 5. The average molecular weight is 1450 g/mol. The van der Waals surface area contributed by atoms with Crippen molar-refractivity contribution in [1.82, 2.24) is 61.8 Å². The Balaban J connectivity index is 0.000000242. The Hall–Kier alpha value is -11.0. The molecule has 6 aromatic heterocycles. The number of carbonyl (C=O) groups is 5. The standard InChI is InChI=1S/C11H12N2O4.C11H10N2O2S.C10H7F2N3O2.C9H8N2OS.C7H8N2O.C6H6BF2NO3.C6H4BrF2NO/c1-2-17-11(16)10(15)13-12-9(14)8-6-4-3-5-7-8;1-2-15-11(14)10-13-12-9(16-10)8-6-4-3-5-7-8;11-10(12)17-9-4-1-6(5-13-9)7-2-3-8(16)15-14-7;12-6-8-10-11-9(13-8)7-4-2-1-3-5-7;8-9-7(10)6-4-2-1-3-5-6;8-6(9)13-5-2-1-4(3-10-5)7(11)12;7-4-1-2-5(10-3-4)11-6(8)9/h3-7H,2H2,1H3,(H,12,14)(H,13,15);3-7H,2H2,1H3;1-5,10H,(H,15,16);1-5,12H,6H2;1-5H,8H2,(H,9,10);1-3,6,11-12H;1-3,6H. The fourth-order valence-corrected chi connectivity index (χ4v) is 8.02. The van der Waals surface area contributed by atoms with Gasteiger partial charge in [-0.15, -0.1) is 20.4 Å². The Labute approximate surface area is 562 Å². The molecule has 0 spiro atoms. The van der Waals surface area contributed by atoms with Crippen LogP contribution in [0.25, 0.3) is 32.4 Å². The SMILES string of the molecule is CCOC(=O)C(=O)NNC(=O)c1ccccc1.CCOC(=O)c1nnc(-c2ccccc2)s1.FC(F)Oc1ccc(Br)cn1.NNC(=O)c1ccccc1.O=c1ccc(-c2ccc(OC(F)F)nc2)n[nH]1.OB(O)c1ccc(OC(F)F)nc1.OCc1nnc(-c2ccccc2)s1. The third-order valence-electron chi connectivity index (χ3n) is 10.6. The lowest BCUT2D eigenvalue weighted by Crippen LogP contribution is -2.45. The predicted octanol–water partition coefficient (Wildman–Crippen LogP) is 7.62. The minimum Gasteiger partial charge on any atom is -0.461 e. The molecule has 6 heterocycles. The van der Waals surface area contributed by atoms with Crippen LogP contribution in [-0.4, -0.2) is 131 Å². The molecule has 37 heteroatoms. The van der Waals surface area contributed by atoms with E-state index in [9.17, 15) is 55.1 Å². The van der Waals surface area contributed by atoms with E-state index in [0.29, 0.717) is 39.0 Å². The second-order valence-electron chi connectivity index (χ2n) is 17.3. The molecule has 9 N–H and O–H groups in total. The zero-order valence-electron chi connectivity index (χ0n) is 50.3. The number of nitrogens with one attached hydrogen (secondary N) is 4. The maximum absolute atomic E-state index is 11.9. The van der Waals surface area contributed by atoms with Crippen molar-refractivity contribution in [2.24, 2.45) is 5.84 Å². The normalized spacial score (nSPS) is 9.94. The number of alkyl halides is 6. The molecule has 97 heavy (non-hydrogen) atoms. The third kappa shape index (κ3) is 30.8. The van der Waals surface area contributed by atoms with E-state index < -0.39 is 50.7 Å². The zero-order chi connectivity index (χ0) is 70.9. The molecule has 10 aromatic rings. The fraction of sp³-hybridized carbons (Fsp3) is 0.133. The average Bonchev–Trinajstić information content (AvgIpc) is 1.22. The molecular weight excluding hydrogens is 1400 g/mol. The molecule has 0 aliphatic rings. The van der Waals surface area contributed by atoms with Crippen LogP contribution in [0.5, 0.6) is 17.6 Å². The number of hydrazine groups is 2. The number of aromatic amines is 1. The van der Waals surface area contributed by atoms with Crippen molar-refractivity contribution in [3.8, 4) is 50.0 Å². The van der Waals surface area contributed by atoms with E-state index in [4.69, 9.17) is 25.7 Å². The largest absolute Gasteiger partial charge is 0.490 e. The number of benzene rings is 4. The van der Waals surface area contributed by atoms with Crippen molar-refractivity contribution < 1.29 is 89.2 Å². The van der Waals surface area contributed by atoms with Crippen LogP contribution in [0.4, 0.5) is 26.3 Å². The van der Waals surface area contributed by atoms with Crippen molar-refractivity contribution in [1.29, 1.82) is 0 Å². The number of aliphatic hydroxyl groups excluding tert-OH is 1. The number of nitrogens with two attached hydrogens (primary N) is 1. The number of halogens is 7. The number of hydrogen-bond acceptors (Lipinski definition) is 25. The number of hydrogen-bond donors (Lipinski definition) is 8. The van der Waals surface area contributed by atoms with E-state index in [0.717, 1.165) is 37.9 Å². The van der Waals surface area contributed by atoms with Crippen molar-refractivity contribution in [2.45, 2.75) is 40.3 Å². The number of H-pyrrole nitrogens is 1. The highest BCUT2D eigenvalue weighted by Crippen LogP contribution is 2.25. The van der Waals surface area contributed by atoms with Gasteiger partial charge in [0.05, 0.1) is 25.5 Å². The van der Waals surface area contributed by atoms with Gasteiger partial charge >= 0.3 is 44.8 Å². The number of amides is 3.